The smallest absolute Gasteiger partial charge is 0.254 e. The maximum Gasteiger partial charge on any atom is 0.254 e. The number of carbonyl (C=O) groups is 1. The maximum absolute atomic E-state index is 13.7. The van der Waals surface area contributed by atoms with E-state index in [0.717, 1.165) is 54.0 Å². The Bertz CT molecular complexity index is 1270. The molecule has 1 aliphatic rings. The fourth-order valence-corrected chi connectivity index (χ4v) is 4.78. The van der Waals surface area contributed by atoms with Gasteiger partial charge in [0.15, 0.2) is 5.65 Å². The van der Waals surface area contributed by atoms with Crippen LogP contribution in [0.3, 0.4) is 0 Å². The molecule has 0 aliphatic carbocycles. The summed E-state index contributed by atoms with van der Waals surface area (Å²) in [5.41, 5.74) is 6.55. The molecule has 5 heteroatoms. The lowest BCUT2D eigenvalue weighted by molar-refractivity contribution is 0.0709. The molecule has 4 aromatic rings. The molecule has 5 nitrogen and oxygen atoms in total. The number of hydrogen-bond acceptors (Lipinski definition) is 3. The summed E-state index contributed by atoms with van der Waals surface area (Å²) in [4.78, 5) is 20.5. The lowest BCUT2D eigenvalue weighted by Gasteiger charge is -2.33. The van der Waals surface area contributed by atoms with Crippen molar-refractivity contribution in [3.8, 4) is 5.69 Å². The highest BCUT2D eigenvalue weighted by Gasteiger charge is 2.28. The van der Waals surface area contributed by atoms with Gasteiger partial charge in [0.25, 0.3) is 5.91 Å². The van der Waals surface area contributed by atoms with Crippen LogP contribution in [0, 0.1) is 20.8 Å². The molecule has 5 rings (SSSR count). The summed E-state index contributed by atoms with van der Waals surface area (Å²) in [5.74, 6) is 0.455. The van der Waals surface area contributed by atoms with Gasteiger partial charge in [0, 0.05) is 24.7 Å². The molecule has 1 atom stereocenters. The number of benzene rings is 2. The van der Waals surface area contributed by atoms with Gasteiger partial charge in [-0.1, -0.05) is 48.0 Å². The Kier molecular flexibility index (Phi) is 5.25. The second-order valence-corrected chi connectivity index (χ2v) is 8.84. The van der Waals surface area contributed by atoms with E-state index in [1.54, 1.807) is 0 Å². The minimum absolute atomic E-state index is 0.0766. The van der Waals surface area contributed by atoms with Gasteiger partial charge in [-0.05, 0) is 57.4 Å². The molecular formula is C27H28N4O. The highest BCUT2D eigenvalue weighted by Crippen LogP contribution is 2.30. The van der Waals surface area contributed by atoms with Gasteiger partial charge < -0.3 is 4.90 Å². The zero-order valence-electron chi connectivity index (χ0n) is 18.9. The Labute approximate surface area is 188 Å². The summed E-state index contributed by atoms with van der Waals surface area (Å²) in [6.07, 6.45) is 2.13. The van der Waals surface area contributed by atoms with Crippen LogP contribution in [0.25, 0.3) is 16.7 Å². The first-order valence-corrected chi connectivity index (χ1v) is 11.3. The highest BCUT2D eigenvalue weighted by atomic mass is 16.2. The average molecular weight is 425 g/mol. The molecule has 1 saturated heterocycles. The molecule has 0 radical (unpaired) electrons. The van der Waals surface area contributed by atoms with Crippen molar-refractivity contribution in [3.63, 3.8) is 0 Å². The van der Waals surface area contributed by atoms with E-state index in [1.807, 2.05) is 47.7 Å². The first-order valence-electron chi connectivity index (χ1n) is 11.3. The van der Waals surface area contributed by atoms with Crippen molar-refractivity contribution in [3.05, 3.63) is 88.7 Å². The van der Waals surface area contributed by atoms with Crippen LogP contribution in [0.1, 0.15) is 51.6 Å². The van der Waals surface area contributed by atoms with E-state index in [0.29, 0.717) is 11.5 Å². The third-order valence-electron chi connectivity index (χ3n) is 6.43. The fraction of sp³-hybridized carbons (Fsp3) is 0.296. The largest absolute Gasteiger partial charge is 0.338 e. The zero-order chi connectivity index (χ0) is 22.2. The summed E-state index contributed by atoms with van der Waals surface area (Å²) < 4.78 is 1.86. The molecule has 2 aromatic carbocycles. The number of carbonyl (C=O) groups excluding carboxylic acids is 1. The van der Waals surface area contributed by atoms with Gasteiger partial charge in [0.05, 0.1) is 22.3 Å². The summed E-state index contributed by atoms with van der Waals surface area (Å²) in [6, 6.07) is 20.7. The van der Waals surface area contributed by atoms with E-state index < -0.39 is 0 Å². The van der Waals surface area contributed by atoms with Gasteiger partial charge in [0.1, 0.15) is 0 Å². The molecule has 32 heavy (non-hydrogen) atoms. The van der Waals surface area contributed by atoms with Crippen molar-refractivity contribution in [2.75, 3.05) is 13.1 Å². The van der Waals surface area contributed by atoms with Crippen LogP contribution in [0.4, 0.5) is 0 Å². The molecule has 1 fully saturated rings. The van der Waals surface area contributed by atoms with Crippen molar-refractivity contribution in [2.24, 2.45) is 0 Å². The van der Waals surface area contributed by atoms with Crippen molar-refractivity contribution in [1.29, 1.82) is 0 Å². The molecule has 2 aromatic heterocycles. The third kappa shape index (κ3) is 3.68. The van der Waals surface area contributed by atoms with Crippen molar-refractivity contribution in [2.45, 2.75) is 39.5 Å². The van der Waals surface area contributed by atoms with Crippen molar-refractivity contribution in [1.82, 2.24) is 19.7 Å². The van der Waals surface area contributed by atoms with Crippen LogP contribution < -0.4 is 0 Å². The first kappa shape index (κ1) is 20.4. The third-order valence-corrected chi connectivity index (χ3v) is 6.43. The van der Waals surface area contributed by atoms with Gasteiger partial charge in [-0.25, -0.2) is 9.67 Å². The molecule has 1 amide bonds. The second-order valence-electron chi connectivity index (χ2n) is 8.84. The average Bonchev–Trinajstić information content (AvgIpc) is 3.15. The zero-order valence-corrected chi connectivity index (χ0v) is 18.9. The molecule has 1 aliphatic heterocycles. The van der Waals surface area contributed by atoms with E-state index in [1.165, 1.54) is 11.1 Å². The van der Waals surface area contributed by atoms with Gasteiger partial charge in [-0.15, -0.1) is 0 Å². The number of fused-ring (bicyclic) bond motifs is 1. The first-order chi connectivity index (χ1) is 15.5. The lowest BCUT2D eigenvalue weighted by atomic mass is 9.90. The number of aromatic nitrogens is 3. The van der Waals surface area contributed by atoms with Crippen LogP contribution in [0.5, 0.6) is 0 Å². The Balaban J connectivity index is 1.54. The lowest BCUT2D eigenvalue weighted by Crippen LogP contribution is -2.39. The van der Waals surface area contributed by atoms with E-state index in [4.69, 9.17) is 10.1 Å². The molecule has 0 bridgehead atoms. The second kappa shape index (κ2) is 8.23. The van der Waals surface area contributed by atoms with E-state index in [9.17, 15) is 4.79 Å². The molecule has 3 heterocycles. The number of aryl methyl sites for hydroxylation is 3. The number of piperidine rings is 1. The predicted octanol–water partition coefficient (Wildman–Crippen LogP) is 5.37. The number of amides is 1. The number of pyridine rings is 1. The monoisotopic (exact) mass is 424 g/mol. The van der Waals surface area contributed by atoms with Crippen LogP contribution in [0.15, 0.2) is 60.7 Å². The van der Waals surface area contributed by atoms with Gasteiger partial charge in [0.2, 0.25) is 0 Å². The number of hydrogen-bond donors (Lipinski definition) is 0. The SMILES string of the molecule is Cc1ccc(-n2nc(C)c3c(C(=O)N4CCC[C@@H](c5ccccc5)C4)cc(C)nc32)cc1. The van der Waals surface area contributed by atoms with Crippen LogP contribution in [0.2, 0.25) is 0 Å². The van der Waals surface area contributed by atoms with E-state index in [-0.39, 0.29) is 5.91 Å². The number of rotatable bonds is 3. The molecule has 0 N–H and O–H groups in total. The minimum atomic E-state index is 0.0766. The molecule has 0 saturated carbocycles. The Morgan fingerprint density at radius 1 is 1.00 bits per heavy atom. The van der Waals surface area contributed by atoms with Crippen molar-refractivity contribution >= 4 is 16.9 Å². The van der Waals surface area contributed by atoms with Gasteiger partial charge in [-0.3, -0.25) is 4.79 Å². The standard InChI is InChI=1S/C27H28N4O/c1-18-11-13-23(14-12-18)31-26-25(20(3)29-31)24(16-19(2)28-26)27(32)30-15-7-10-22(17-30)21-8-5-4-6-9-21/h4-6,8-9,11-14,16,22H,7,10,15,17H2,1-3H3/t22-/m1/s1. The summed E-state index contributed by atoms with van der Waals surface area (Å²) in [7, 11) is 0. The molecule has 0 spiro atoms. The topological polar surface area (TPSA) is 51.0 Å². The predicted molar refractivity (Wildman–Crippen MR) is 127 cm³/mol. The van der Waals surface area contributed by atoms with Gasteiger partial charge >= 0.3 is 0 Å². The Hall–Kier alpha value is -3.47. The maximum atomic E-state index is 13.7. The molecule has 0 unspecified atom stereocenters. The molecular weight excluding hydrogens is 396 g/mol. The van der Waals surface area contributed by atoms with Crippen LogP contribution >= 0.6 is 0 Å². The van der Waals surface area contributed by atoms with Crippen LogP contribution in [-0.2, 0) is 0 Å². The van der Waals surface area contributed by atoms with Gasteiger partial charge in [-0.2, -0.15) is 5.10 Å². The van der Waals surface area contributed by atoms with E-state index >= 15 is 0 Å². The van der Waals surface area contributed by atoms with E-state index in [2.05, 4.69) is 43.3 Å². The summed E-state index contributed by atoms with van der Waals surface area (Å²) in [6.45, 7) is 7.51. The Morgan fingerprint density at radius 2 is 1.75 bits per heavy atom. The van der Waals surface area contributed by atoms with Crippen LogP contribution in [-0.4, -0.2) is 38.7 Å². The molecule has 162 valence electrons. The fourth-order valence-electron chi connectivity index (χ4n) is 4.78. The number of nitrogens with zero attached hydrogens (tertiary/aromatic N) is 4. The van der Waals surface area contributed by atoms with Crippen molar-refractivity contribution < 1.29 is 4.79 Å². The normalized spacial score (nSPS) is 16.5. The number of likely N-dealkylation sites (tertiary alicyclic amines) is 1. The summed E-state index contributed by atoms with van der Waals surface area (Å²) in [5, 5.41) is 5.61. The highest BCUT2D eigenvalue weighted by molar-refractivity contribution is 6.06. The Morgan fingerprint density at radius 3 is 2.50 bits per heavy atom. The summed E-state index contributed by atoms with van der Waals surface area (Å²) >= 11 is 0. The quantitative estimate of drug-likeness (QED) is 0.444. The minimum Gasteiger partial charge on any atom is -0.338 e.